The van der Waals surface area contributed by atoms with E-state index in [1.165, 1.54) is 0 Å². The molecule has 47 valence electrons. The van der Waals surface area contributed by atoms with Crippen molar-refractivity contribution in [2.45, 2.75) is 12.8 Å². The summed E-state index contributed by atoms with van der Waals surface area (Å²) >= 11 is 0. The van der Waals surface area contributed by atoms with Gasteiger partial charge in [0.15, 0.2) is 0 Å². The van der Waals surface area contributed by atoms with Crippen LogP contribution in [0.15, 0.2) is 0 Å². The van der Waals surface area contributed by atoms with Crippen molar-refractivity contribution >= 4 is 11.8 Å². The number of amides is 2. The highest BCUT2D eigenvalue weighted by Crippen LogP contribution is 2.38. The number of hydrogen-bond acceptors (Lipinski definition) is 2. The molecule has 0 bridgehead atoms. The molecule has 2 atom stereocenters. The minimum Gasteiger partial charge on any atom is -0.272 e. The molecule has 1 aliphatic heterocycles. The van der Waals surface area contributed by atoms with E-state index in [0.29, 0.717) is 0 Å². The molecule has 1 saturated heterocycles. The van der Waals surface area contributed by atoms with Crippen molar-refractivity contribution in [1.29, 1.82) is 0 Å². The highest BCUT2D eigenvalue weighted by molar-refractivity contribution is 6.05. The number of carbonyl (C=O) groups excluding carboxylic acids is 2. The predicted octanol–water partition coefficient (Wildman–Crippen LogP) is -0.316. The average Bonchev–Trinajstić information content (AvgIpc) is 1.73. The second-order valence-corrected chi connectivity index (χ2v) is 2.58. The van der Waals surface area contributed by atoms with Crippen LogP contribution in [0.25, 0.3) is 0 Å². The van der Waals surface area contributed by atoms with Crippen LogP contribution < -0.4 is 5.32 Å². The molecule has 2 unspecified atom stereocenters. The maximum absolute atomic E-state index is 10.7. The average molecular weight is 124 g/mol. The second kappa shape index (κ2) is 1.35. The van der Waals surface area contributed by atoms with Crippen molar-refractivity contribution < 1.29 is 9.59 Å². The van der Waals surface area contributed by atoms with Crippen molar-refractivity contribution in [3.63, 3.8) is 0 Å². The highest BCUT2D eigenvalue weighted by Gasteiger charge is 2.49. The first-order valence-corrected chi connectivity index (χ1v) is 3.08. The van der Waals surface area contributed by atoms with Gasteiger partial charge in [-0.2, -0.15) is 5.32 Å². The van der Waals surface area contributed by atoms with Crippen LogP contribution in [-0.4, -0.2) is 11.8 Å². The van der Waals surface area contributed by atoms with E-state index < -0.39 is 0 Å². The minimum absolute atomic E-state index is 0.0162. The van der Waals surface area contributed by atoms with Crippen molar-refractivity contribution in [2.75, 3.05) is 0 Å². The Morgan fingerprint density at radius 3 is 1.78 bits per heavy atom. The molecule has 3 nitrogen and oxygen atoms in total. The zero-order valence-electron chi connectivity index (χ0n) is 4.83. The highest BCUT2D eigenvalue weighted by atomic mass is 16.2. The maximum Gasteiger partial charge on any atom is 0.252 e. The molecule has 0 aromatic heterocycles. The Morgan fingerprint density at radius 2 is 1.56 bits per heavy atom. The van der Waals surface area contributed by atoms with Crippen molar-refractivity contribution in [2.24, 2.45) is 11.8 Å². The van der Waals surface area contributed by atoms with E-state index >= 15 is 0 Å². The molecule has 2 amide bonds. The fourth-order valence-electron chi connectivity index (χ4n) is 1.37. The monoisotopic (exact) mass is 124 g/mol. The maximum atomic E-state index is 10.7. The quantitative estimate of drug-likeness (QED) is 0.415. The number of nitrogens with zero attached hydrogens (tertiary/aromatic N) is 1. The fraction of sp³-hybridized carbons (Fsp3) is 0.667. The zero-order chi connectivity index (χ0) is 6.43. The summed E-state index contributed by atoms with van der Waals surface area (Å²) in [6.07, 6.45) is 1.75. The molecule has 0 N–H and O–H groups in total. The number of fused-ring (bicyclic) bond motifs is 1. The summed E-state index contributed by atoms with van der Waals surface area (Å²) in [7, 11) is 0. The van der Waals surface area contributed by atoms with Crippen molar-refractivity contribution in [1.82, 2.24) is 5.32 Å². The third-order valence-electron chi connectivity index (χ3n) is 2.13. The van der Waals surface area contributed by atoms with Gasteiger partial charge in [0.25, 0.3) is 11.8 Å². The van der Waals surface area contributed by atoms with Crippen molar-refractivity contribution in [3.05, 3.63) is 0 Å². The first-order valence-electron chi connectivity index (χ1n) is 3.08. The van der Waals surface area contributed by atoms with E-state index in [1.54, 1.807) is 0 Å². The SMILES string of the molecule is O=C1[N]C(=O)C2CCC12. The molecule has 3 heteroatoms. The summed E-state index contributed by atoms with van der Waals surface area (Å²) in [6.45, 7) is 0. The lowest BCUT2D eigenvalue weighted by atomic mass is 9.76. The third kappa shape index (κ3) is 0.465. The van der Waals surface area contributed by atoms with E-state index in [4.69, 9.17) is 0 Å². The van der Waals surface area contributed by atoms with Crippen LogP contribution >= 0.6 is 0 Å². The van der Waals surface area contributed by atoms with Gasteiger partial charge in [0.05, 0.1) is 11.8 Å². The Bertz CT molecular complexity index is 167. The van der Waals surface area contributed by atoms with Gasteiger partial charge in [-0.15, -0.1) is 0 Å². The van der Waals surface area contributed by atoms with Gasteiger partial charge in [0.1, 0.15) is 0 Å². The van der Waals surface area contributed by atoms with E-state index in [-0.39, 0.29) is 23.7 Å². The lowest BCUT2D eigenvalue weighted by molar-refractivity contribution is -0.126. The van der Waals surface area contributed by atoms with Crippen LogP contribution in [-0.2, 0) is 9.59 Å². The van der Waals surface area contributed by atoms with E-state index in [0.717, 1.165) is 12.8 Å². The van der Waals surface area contributed by atoms with Crippen LogP contribution in [0.4, 0.5) is 0 Å². The Hall–Kier alpha value is -0.860. The second-order valence-electron chi connectivity index (χ2n) is 2.58. The van der Waals surface area contributed by atoms with E-state index in [2.05, 4.69) is 5.32 Å². The summed E-state index contributed by atoms with van der Waals surface area (Å²) in [5.41, 5.74) is 0. The molecule has 1 aliphatic carbocycles. The number of imide groups is 1. The van der Waals surface area contributed by atoms with Crippen LogP contribution in [0.5, 0.6) is 0 Å². The minimum atomic E-state index is -0.184. The van der Waals surface area contributed by atoms with Gasteiger partial charge >= 0.3 is 0 Å². The normalized spacial score (nSPS) is 39.6. The van der Waals surface area contributed by atoms with Crippen molar-refractivity contribution in [3.8, 4) is 0 Å². The Morgan fingerprint density at radius 1 is 1.11 bits per heavy atom. The fourth-order valence-corrected chi connectivity index (χ4v) is 1.37. The van der Waals surface area contributed by atoms with Gasteiger partial charge in [-0.3, -0.25) is 9.59 Å². The summed E-state index contributed by atoms with van der Waals surface area (Å²) in [4.78, 5) is 21.3. The first kappa shape index (κ1) is 4.97. The largest absolute Gasteiger partial charge is 0.272 e. The van der Waals surface area contributed by atoms with Gasteiger partial charge in [-0.05, 0) is 12.8 Å². The van der Waals surface area contributed by atoms with Crippen LogP contribution in [0.2, 0.25) is 0 Å². The molecule has 0 aromatic carbocycles. The van der Waals surface area contributed by atoms with E-state index in [9.17, 15) is 9.59 Å². The Labute approximate surface area is 52.4 Å². The molecule has 1 saturated carbocycles. The lowest BCUT2D eigenvalue weighted by Crippen LogP contribution is -2.27. The van der Waals surface area contributed by atoms with E-state index in [1.807, 2.05) is 0 Å². The molecular formula is C6H6NO2. The zero-order valence-corrected chi connectivity index (χ0v) is 4.83. The van der Waals surface area contributed by atoms with Crippen LogP contribution in [0.1, 0.15) is 12.8 Å². The molecule has 0 aromatic rings. The van der Waals surface area contributed by atoms with Gasteiger partial charge < -0.3 is 0 Å². The van der Waals surface area contributed by atoms with Gasteiger partial charge in [0.2, 0.25) is 0 Å². The summed E-state index contributed by atoms with van der Waals surface area (Å²) in [5, 5.41) is 3.34. The summed E-state index contributed by atoms with van der Waals surface area (Å²) in [6, 6.07) is 0. The first-order chi connectivity index (χ1) is 4.29. The third-order valence-corrected chi connectivity index (χ3v) is 2.13. The molecular weight excluding hydrogens is 118 g/mol. The topological polar surface area (TPSA) is 48.2 Å². The number of hydrogen-bond donors (Lipinski definition) is 0. The van der Waals surface area contributed by atoms with Crippen LogP contribution in [0.3, 0.4) is 0 Å². The molecule has 0 spiro atoms. The smallest absolute Gasteiger partial charge is 0.252 e. The number of carbonyl (C=O) groups is 2. The molecule has 9 heavy (non-hydrogen) atoms. The number of rotatable bonds is 0. The Kier molecular flexibility index (Phi) is 0.743. The molecule has 2 aliphatic rings. The predicted molar refractivity (Wildman–Crippen MR) is 28.4 cm³/mol. The summed E-state index contributed by atoms with van der Waals surface area (Å²) < 4.78 is 0. The standard InChI is InChI=1S/C6H6NO2/c8-5-3-1-2-4(3)6(9)7-5/h3-4H,1-2H2. The molecule has 2 fully saturated rings. The molecule has 1 heterocycles. The lowest BCUT2D eigenvalue weighted by Gasteiger charge is -2.23. The summed E-state index contributed by atoms with van der Waals surface area (Å²) in [5.74, 6) is -0.400. The van der Waals surface area contributed by atoms with Crippen LogP contribution in [0, 0.1) is 11.8 Å². The molecule has 1 radical (unpaired) electrons. The van der Waals surface area contributed by atoms with Gasteiger partial charge in [0, 0.05) is 0 Å². The molecule has 2 rings (SSSR count). The van der Waals surface area contributed by atoms with Gasteiger partial charge in [-0.25, -0.2) is 0 Å². The Balaban J connectivity index is 2.26. The van der Waals surface area contributed by atoms with Gasteiger partial charge in [-0.1, -0.05) is 0 Å².